The van der Waals surface area contributed by atoms with E-state index in [1.54, 1.807) is 0 Å². The molecule has 2 aromatic carbocycles. The molecular formula is C27H22N4. The standard InChI is InChI=1S/C27H22N4/c1-2-7-19(8-3-1)17-20-11-12-21-22(13-15-29-24(21)18-20)26-25-10-6-16-31(25)30-27(26)23-9-4-5-14-28-23/h1-5,7-9,11-15,18H,6,10,16-17H2. The Hall–Kier alpha value is -3.79. The van der Waals surface area contributed by atoms with Gasteiger partial charge in [0.15, 0.2) is 0 Å². The molecule has 0 fully saturated rings. The molecule has 0 aliphatic carbocycles. The molecule has 1 aliphatic rings. The number of hydrogen-bond donors (Lipinski definition) is 0. The van der Waals surface area contributed by atoms with Crippen molar-refractivity contribution in [3.63, 3.8) is 0 Å². The fourth-order valence-corrected chi connectivity index (χ4v) is 4.65. The Balaban J connectivity index is 1.50. The number of aromatic nitrogens is 4. The molecule has 3 aromatic heterocycles. The number of hydrogen-bond acceptors (Lipinski definition) is 3. The van der Waals surface area contributed by atoms with Gasteiger partial charge in [0.1, 0.15) is 5.69 Å². The van der Waals surface area contributed by atoms with Crippen LogP contribution in [-0.2, 0) is 19.4 Å². The lowest BCUT2D eigenvalue weighted by Gasteiger charge is -2.10. The van der Waals surface area contributed by atoms with E-state index in [1.165, 1.54) is 33.3 Å². The van der Waals surface area contributed by atoms with Crippen LogP contribution in [0.3, 0.4) is 0 Å². The Kier molecular flexibility index (Phi) is 4.34. The Morgan fingerprint density at radius 2 is 1.71 bits per heavy atom. The van der Waals surface area contributed by atoms with Gasteiger partial charge in [-0.1, -0.05) is 48.5 Å². The van der Waals surface area contributed by atoms with E-state index in [0.717, 1.165) is 42.7 Å². The van der Waals surface area contributed by atoms with Gasteiger partial charge in [-0.15, -0.1) is 0 Å². The predicted octanol–water partition coefficient (Wildman–Crippen LogP) is 5.70. The molecule has 0 saturated heterocycles. The number of aryl methyl sites for hydroxylation is 1. The first-order chi connectivity index (χ1) is 15.4. The Labute approximate surface area is 181 Å². The maximum absolute atomic E-state index is 4.95. The summed E-state index contributed by atoms with van der Waals surface area (Å²) >= 11 is 0. The SMILES string of the molecule is c1ccc(Cc2ccc3c(-c4c(-c5ccccn5)nn5c4CCC5)ccnc3c2)cc1. The molecule has 0 spiro atoms. The van der Waals surface area contributed by atoms with Crippen LogP contribution in [0.15, 0.2) is 85.2 Å². The minimum Gasteiger partial charge on any atom is -0.268 e. The zero-order chi connectivity index (χ0) is 20.6. The van der Waals surface area contributed by atoms with Gasteiger partial charge in [0.25, 0.3) is 0 Å². The maximum Gasteiger partial charge on any atom is 0.119 e. The van der Waals surface area contributed by atoms with Gasteiger partial charge in [0.05, 0.1) is 11.2 Å². The summed E-state index contributed by atoms with van der Waals surface area (Å²) in [5, 5.41) is 6.12. The second-order valence-corrected chi connectivity index (χ2v) is 8.08. The first kappa shape index (κ1) is 18.0. The van der Waals surface area contributed by atoms with E-state index in [0.29, 0.717) is 0 Å². The van der Waals surface area contributed by atoms with E-state index in [-0.39, 0.29) is 0 Å². The van der Waals surface area contributed by atoms with E-state index in [1.807, 2.05) is 30.6 Å². The zero-order valence-electron chi connectivity index (χ0n) is 17.2. The van der Waals surface area contributed by atoms with E-state index in [9.17, 15) is 0 Å². The van der Waals surface area contributed by atoms with Crippen molar-refractivity contribution < 1.29 is 0 Å². The van der Waals surface area contributed by atoms with Crippen molar-refractivity contribution in [2.75, 3.05) is 0 Å². The molecule has 5 aromatic rings. The highest BCUT2D eigenvalue weighted by atomic mass is 15.3. The molecule has 4 nitrogen and oxygen atoms in total. The van der Waals surface area contributed by atoms with Crippen molar-refractivity contribution >= 4 is 10.9 Å². The molecule has 0 unspecified atom stereocenters. The van der Waals surface area contributed by atoms with Crippen LogP contribution >= 0.6 is 0 Å². The number of benzene rings is 2. The molecule has 4 heteroatoms. The van der Waals surface area contributed by atoms with E-state index >= 15 is 0 Å². The molecule has 0 N–H and O–H groups in total. The van der Waals surface area contributed by atoms with Crippen LogP contribution in [0.25, 0.3) is 33.4 Å². The summed E-state index contributed by atoms with van der Waals surface area (Å²) < 4.78 is 2.16. The summed E-state index contributed by atoms with van der Waals surface area (Å²) in [5.74, 6) is 0. The lowest BCUT2D eigenvalue weighted by molar-refractivity contribution is 0.658. The summed E-state index contributed by atoms with van der Waals surface area (Å²) in [5.41, 5.74) is 9.21. The fourth-order valence-electron chi connectivity index (χ4n) is 4.65. The Morgan fingerprint density at radius 1 is 0.806 bits per heavy atom. The van der Waals surface area contributed by atoms with Crippen molar-refractivity contribution in [1.82, 2.24) is 19.7 Å². The third kappa shape index (κ3) is 3.21. The van der Waals surface area contributed by atoms with Crippen molar-refractivity contribution in [1.29, 1.82) is 0 Å². The summed E-state index contributed by atoms with van der Waals surface area (Å²) in [6.45, 7) is 0.972. The smallest absolute Gasteiger partial charge is 0.119 e. The van der Waals surface area contributed by atoms with Crippen LogP contribution in [0.2, 0.25) is 0 Å². The average Bonchev–Trinajstić information content (AvgIpc) is 3.41. The lowest BCUT2D eigenvalue weighted by atomic mass is 9.95. The molecule has 31 heavy (non-hydrogen) atoms. The van der Waals surface area contributed by atoms with E-state index in [4.69, 9.17) is 10.1 Å². The lowest BCUT2D eigenvalue weighted by Crippen LogP contribution is -1.94. The van der Waals surface area contributed by atoms with Gasteiger partial charge < -0.3 is 0 Å². The topological polar surface area (TPSA) is 43.6 Å². The van der Waals surface area contributed by atoms with Gasteiger partial charge in [-0.05, 0) is 60.2 Å². The maximum atomic E-state index is 4.95. The summed E-state index contributed by atoms with van der Waals surface area (Å²) in [6.07, 6.45) is 6.85. The Bertz CT molecular complexity index is 1370. The highest BCUT2D eigenvalue weighted by molar-refractivity contribution is 5.99. The monoisotopic (exact) mass is 402 g/mol. The first-order valence-electron chi connectivity index (χ1n) is 10.8. The predicted molar refractivity (Wildman–Crippen MR) is 124 cm³/mol. The second kappa shape index (κ2) is 7.47. The highest BCUT2D eigenvalue weighted by Crippen LogP contribution is 2.39. The molecule has 0 amide bonds. The molecule has 4 heterocycles. The molecule has 0 radical (unpaired) electrons. The largest absolute Gasteiger partial charge is 0.268 e. The van der Waals surface area contributed by atoms with Crippen molar-refractivity contribution in [2.24, 2.45) is 0 Å². The normalized spacial score (nSPS) is 12.9. The minimum atomic E-state index is 0.908. The van der Waals surface area contributed by atoms with Gasteiger partial charge in [0, 0.05) is 35.6 Å². The summed E-state index contributed by atoms with van der Waals surface area (Å²) in [6, 6.07) is 25.4. The second-order valence-electron chi connectivity index (χ2n) is 8.08. The van der Waals surface area contributed by atoms with Crippen LogP contribution in [0.4, 0.5) is 0 Å². The summed E-state index contributed by atoms with van der Waals surface area (Å²) in [7, 11) is 0. The van der Waals surface area contributed by atoms with Gasteiger partial charge in [-0.2, -0.15) is 5.10 Å². The molecule has 0 bridgehead atoms. The first-order valence-corrected chi connectivity index (χ1v) is 10.8. The van der Waals surface area contributed by atoms with Crippen LogP contribution in [-0.4, -0.2) is 19.7 Å². The van der Waals surface area contributed by atoms with Crippen LogP contribution in [0.5, 0.6) is 0 Å². The van der Waals surface area contributed by atoms with Crippen LogP contribution in [0.1, 0.15) is 23.2 Å². The number of rotatable bonds is 4. The average molecular weight is 403 g/mol. The van der Waals surface area contributed by atoms with E-state index < -0.39 is 0 Å². The molecule has 150 valence electrons. The number of fused-ring (bicyclic) bond motifs is 2. The number of pyridine rings is 2. The zero-order valence-corrected chi connectivity index (χ0v) is 17.2. The van der Waals surface area contributed by atoms with Crippen molar-refractivity contribution in [3.8, 4) is 22.5 Å². The fraction of sp³-hybridized carbons (Fsp3) is 0.148. The van der Waals surface area contributed by atoms with Crippen molar-refractivity contribution in [3.05, 3.63) is 102 Å². The van der Waals surface area contributed by atoms with Gasteiger partial charge in [-0.3, -0.25) is 14.6 Å². The van der Waals surface area contributed by atoms with Gasteiger partial charge in [0.2, 0.25) is 0 Å². The number of nitrogens with zero attached hydrogens (tertiary/aromatic N) is 4. The van der Waals surface area contributed by atoms with Crippen molar-refractivity contribution in [2.45, 2.75) is 25.8 Å². The molecule has 1 aliphatic heterocycles. The molecular weight excluding hydrogens is 380 g/mol. The van der Waals surface area contributed by atoms with Gasteiger partial charge in [-0.25, -0.2) is 0 Å². The minimum absolute atomic E-state index is 0.908. The van der Waals surface area contributed by atoms with E-state index in [2.05, 4.69) is 64.3 Å². The summed E-state index contributed by atoms with van der Waals surface area (Å²) in [4.78, 5) is 9.30. The quantitative estimate of drug-likeness (QED) is 0.387. The van der Waals surface area contributed by atoms with Crippen LogP contribution < -0.4 is 0 Å². The van der Waals surface area contributed by atoms with Gasteiger partial charge >= 0.3 is 0 Å². The van der Waals surface area contributed by atoms with Crippen LogP contribution in [0, 0.1) is 0 Å². The highest BCUT2D eigenvalue weighted by Gasteiger charge is 2.25. The Morgan fingerprint density at radius 3 is 2.58 bits per heavy atom. The third-order valence-electron chi connectivity index (χ3n) is 6.08. The molecule has 6 rings (SSSR count). The third-order valence-corrected chi connectivity index (χ3v) is 6.08. The molecule has 0 saturated carbocycles. The molecule has 0 atom stereocenters.